The van der Waals surface area contributed by atoms with E-state index in [1.54, 1.807) is 12.1 Å². The molecule has 0 bridgehead atoms. The van der Waals surface area contributed by atoms with Crippen molar-refractivity contribution >= 4 is 23.2 Å². The second kappa shape index (κ2) is 9.01. The first-order valence-corrected chi connectivity index (χ1v) is 10.4. The largest absolute Gasteiger partial charge is 0.483 e. The van der Waals surface area contributed by atoms with Gasteiger partial charge in [0, 0.05) is 25.5 Å². The first-order chi connectivity index (χ1) is 15.4. The number of amides is 2. The van der Waals surface area contributed by atoms with Crippen LogP contribution in [0, 0.1) is 6.92 Å². The van der Waals surface area contributed by atoms with Gasteiger partial charge in [0.1, 0.15) is 11.9 Å². The summed E-state index contributed by atoms with van der Waals surface area (Å²) in [6.07, 6.45) is -0.559. The fraction of sp³-hybridized carbons (Fsp3) is 0.200. The minimum Gasteiger partial charge on any atom is -0.483 e. The molecule has 1 heterocycles. The van der Waals surface area contributed by atoms with Crippen LogP contribution in [-0.4, -0.2) is 37.5 Å². The molecule has 0 aromatic heterocycles. The Labute approximate surface area is 187 Å². The van der Waals surface area contributed by atoms with Crippen LogP contribution in [0.25, 0.3) is 0 Å². The SMILES string of the molecule is Cc1ccccc1OCC(=O)NN1C(=O)c2ccccc2NC1c1ccc(N(C)C)cc1. The third-order valence-electron chi connectivity index (χ3n) is 5.35. The molecular formula is C25H26N4O3. The van der Waals surface area contributed by atoms with Crippen LogP contribution in [0.4, 0.5) is 11.4 Å². The minimum absolute atomic E-state index is 0.206. The van der Waals surface area contributed by atoms with Gasteiger partial charge < -0.3 is 15.0 Å². The number of nitrogens with zero attached hydrogens (tertiary/aromatic N) is 2. The van der Waals surface area contributed by atoms with E-state index in [9.17, 15) is 9.59 Å². The Kier molecular flexibility index (Phi) is 5.98. The summed E-state index contributed by atoms with van der Waals surface area (Å²) in [6, 6.07) is 22.6. The number of hydrazine groups is 1. The van der Waals surface area contributed by atoms with Crippen LogP contribution in [0.5, 0.6) is 5.75 Å². The molecular weight excluding hydrogens is 404 g/mol. The predicted octanol–water partition coefficient (Wildman–Crippen LogP) is 3.74. The average molecular weight is 431 g/mol. The quantitative estimate of drug-likeness (QED) is 0.623. The Morgan fingerprint density at radius 2 is 1.72 bits per heavy atom. The molecule has 4 rings (SSSR count). The van der Waals surface area contributed by atoms with Crippen molar-refractivity contribution in [3.63, 3.8) is 0 Å². The number of carbonyl (C=O) groups excluding carboxylic acids is 2. The van der Waals surface area contributed by atoms with E-state index >= 15 is 0 Å². The number of carbonyl (C=O) groups is 2. The lowest BCUT2D eigenvalue weighted by molar-refractivity contribution is -0.127. The van der Waals surface area contributed by atoms with Crippen molar-refractivity contribution in [2.24, 2.45) is 0 Å². The van der Waals surface area contributed by atoms with Crippen LogP contribution in [-0.2, 0) is 4.79 Å². The third-order valence-corrected chi connectivity index (χ3v) is 5.35. The standard InChI is InChI=1S/C25H26N4O3/c1-17-8-4-7-11-22(17)32-16-23(30)27-29-24(18-12-14-19(15-13-18)28(2)3)26-21-10-6-5-9-20(21)25(29)31/h4-15,24,26H,16H2,1-3H3,(H,27,30). The molecule has 2 N–H and O–H groups in total. The Morgan fingerprint density at radius 1 is 1.03 bits per heavy atom. The first kappa shape index (κ1) is 21.2. The lowest BCUT2D eigenvalue weighted by Gasteiger charge is -2.37. The van der Waals surface area contributed by atoms with Gasteiger partial charge in [0.25, 0.3) is 11.8 Å². The topological polar surface area (TPSA) is 73.9 Å². The van der Waals surface area contributed by atoms with Gasteiger partial charge in [0.05, 0.1) is 5.56 Å². The molecule has 0 saturated heterocycles. The summed E-state index contributed by atoms with van der Waals surface area (Å²) in [5.41, 5.74) is 6.77. The van der Waals surface area contributed by atoms with E-state index in [2.05, 4.69) is 10.7 Å². The van der Waals surface area contributed by atoms with Crippen LogP contribution >= 0.6 is 0 Å². The molecule has 0 aliphatic carbocycles. The summed E-state index contributed by atoms with van der Waals surface area (Å²) < 4.78 is 5.65. The highest BCUT2D eigenvalue weighted by molar-refractivity contribution is 6.02. The Bertz CT molecular complexity index is 1130. The average Bonchev–Trinajstić information content (AvgIpc) is 2.80. The molecule has 0 radical (unpaired) electrons. The monoisotopic (exact) mass is 430 g/mol. The van der Waals surface area contributed by atoms with Crippen molar-refractivity contribution in [1.82, 2.24) is 10.4 Å². The van der Waals surface area contributed by atoms with Gasteiger partial charge in [0.2, 0.25) is 0 Å². The Hall–Kier alpha value is -4.00. The summed E-state index contributed by atoms with van der Waals surface area (Å²) in [4.78, 5) is 28.0. The molecule has 0 fully saturated rings. The molecule has 3 aromatic rings. The molecule has 1 atom stereocenters. The molecule has 1 aliphatic heterocycles. The fourth-order valence-corrected chi connectivity index (χ4v) is 3.59. The van der Waals surface area contributed by atoms with Gasteiger partial charge in [0.15, 0.2) is 6.61 Å². The summed E-state index contributed by atoms with van der Waals surface area (Å²) in [6.45, 7) is 1.71. The predicted molar refractivity (Wildman–Crippen MR) is 125 cm³/mol. The summed E-state index contributed by atoms with van der Waals surface area (Å²) in [5.74, 6) is -0.0742. The van der Waals surface area contributed by atoms with Crippen LogP contribution in [0.2, 0.25) is 0 Å². The number of para-hydroxylation sites is 2. The van der Waals surface area contributed by atoms with Crippen LogP contribution in [0.15, 0.2) is 72.8 Å². The molecule has 2 amide bonds. The summed E-state index contributed by atoms with van der Waals surface area (Å²) >= 11 is 0. The fourth-order valence-electron chi connectivity index (χ4n) is 3.59. The van der Waals surface area contributed by atoms with Gasteiger partial charge in [-0.15, -0.1) is 0 Å². The van der Waals surface area contributed by atoms with Gasteiger partial charge in [-0.2, -0.15) is 0 Å². The van der Waals surface area contributed by atoms with Gasteiger partial charge in [-0.3, -0.25) is 15.0 Å². The second-order valence-electron chi connectivity index (χ2n) is 7.84. The van der Waals surface area contributed by atoms with Crippen molar-refractivity contribution in [3.05, 3.63) is 89.5 Å². The number of hydrogen-bond donors (Lipinski definition) is 2. The number of fused-ring (bicyclic) bond motifs is 1. The Balaban J connectivity index is 1.57. The van der Waals surface area contributed by atoms with E-state index < -0.39 is 12.1 Å². The van der Waals surface area contributed by atoms with E-state index in [-0.39, 0.29) is 12.5 Å². The maximum absolute atomic E-state index is 13.3. The van der Waals surface area contributed by atoms with E-state index in [1.165, 1.54) is 5.01 Å². The highest BCUT2D eigenvalue weighted by atomic mass is 16.5. The molecule has 1 aliphatic rings. The molecule has 0 spiro atoms. The van der Waals surface area contributed by atoms with Crippen molar-refractivity contribution < 1.29 is 14.3 Å². The van der Waals surface area contributed by atoms with Crippen molar-refractivity contribution in [1.29, 1.82) is 0 Å². The summed E-state index contributed by atoms with van der Waals surface area (Å²) in [7, 11) is 3.93. The first-order valence-electron chi connectivity index (χ1n) is 10.4. The molecule has 7 heteroatoms. The number of anilines is 2. The molecule has 32 heavy (non-hydrogen) atoms. The van der Waals surface area contributed by atoms with Gasteiger partial charge in [-0.05, 0) is 48.4 Å². The van der Waals surface area contributed by atoms with Crippen LogP contribution in [0.1, 0.15) is 27.7 Å². The van der Waals surface area contributed by atoms with E-state index in [1.807, 2.05) is 86.6 Å². The van der Waals surface area contributed by atoms with Crippen molar-refractivity contribution in [2.45, 2.75) is 13.1 Å². The maximum atomic E-state index is 13.3. The smallest absolute Gasteiger partial charge is 0.276 e. The number of nitrogens with one attached hydrogen (secondary N) is 2. The van der Waals surface area contributed by atoms with Crippen molar-refractivity contribution in [2.75, 3.05) is 30.9 Å². The third kappa shape index (κ3) is 4.37. The number of ether oxygens (including phenoxy) is 1. The number of rotatable bonds is 6. The van der Waals surface area contributed by atoms with Crippen LogP contribution < -0.4 is 20.4 Å². The second-order valence-corrected chi connectivity index (χ2v) is 7.84. The number of aryl methyl sites for hydroxylation is 1. The van der Waals surface area contributed by atoms with Crippen molar-refractivity contribution in [3.8, 4) is 5.75 Å². The normalized spacial score (nSPS) is 14.9. The van der Waals surface area contributed by atoms with Gasteiger partial charge in [-0.1, -0.05) is 42.5 Å². The lowest BCUT2D eigenvalue weighted by atomic mass is 10.0. The van der Waals surface area contributed by atoms with E-state index in [0.717, 1.165) is 22.5 Å². The summed E-state index contributed by atoms with van der Waals surface area (Å²) in [5, 5.41) is 4.70. The zero-order valence-electron chi connectivity index (χ0n) is 18.3. The minimum atomic E-state index is -0.559. The molecule has 164 valence electrons. The van der Waals surface area contributed by atoms with Gasteiger partial charge in [-0.25, -0.2) is 5.01 Å². The lowest BCUT2D eigenvalue weighted by Crippen LogP contribution is -2.53. The van der Waals surface area contributed by atoms with E-state index in [0.29, 0.717) is 11.3 Å². The highest BCUT2D eigenvalue weighted by Gasteiger charge is 2.34. The molecule has 3 aromatic carbocycles. The van der Waals surface area contributed by atoms with Gasteiger partial charge >= 0.3 is 0 Å². The molecule has 7 nitrogen and oxygen atoms in total. The number of hydrogen-bond acceptors (Lipinski definition) is 5. The molecule has 1 unspecified atom stereocenters. The zero-order valence-corrected chi connectivity index (χ0v) is 18.3. The number of benzene rings is 3. The highest BCUT2D eigenvalue weighted by Crippen LogP contribution is 2.32. The Morgan fingerprint density at radius 3 is 2.44 bits per heavy atom. The zero-order chi connectivity index (χ0) is 22.7. The van der Waals surface area contributed by atoms with E-state index in [4.69, 9.17) is 4.74 Å². The maximum Gasteiger partial charge on any atom is 0.276 e. The van der Waals surface area contributed by atoms with Crippen LogP contribution in [0.3, 0.4) is 0 Å². The molecule has 0 saturated carbocycles.